The lowest BCUT2D eigenvalue weighted by atomic mass is 10.3. The maximum Gasteiger partial charge on any atom is 0.419 e. The zero-order chi connectivity index (χ0) is 14.5. The number of benzene rings is 1. The van der Waals surface area contributed by atoms with Gasteiger partial charge in [0.15, 0.2) is 5.58 Å². The fourth-order valence-electron chi connectivity index (χ4n) is 2.40. The molecule has 3 rings (SSSR count). The van der Waals surface area contributed by atoms with Crippen LogP contribution in [0.4, 0.5) is 0 Å². The van der Waals surface area contributed by atoms with E-state index < -0.39 is 15.8 Å². The minimum Gasteiger partial charge on any atom is -0.408 e. The lowest BCUT2D eigenvalue weighted by Crippen LogP contribution is -2.32. The third kappa shape index (κ3) is 1.97. The van der Waals surface area contributed by atoms with Gasteiger partial charge in [-0.05, 0) is 25.0 Å². The number of aryl methyl sites for hydroxylation is 1. The van der Waals surface area contributed by atoms with Gasteiger partial charge in [0.25, 0.3) is 0 Å². The summed E-state index contributed by atoms with van der Waals surface area (Å²) in [5.41, 5.74) is 0.883. The number of nitrogens with zero attached hydrogens (tertiary/aromatic N) is 2. The van der Waals surface area contributed by atoms with Crippen LogP contribution in [0, 0.1) is 0 Å². The maximum absolute atomic E-state index is 12.6. The second kappa shape index (κ2) is 4.46. The molecular formula is C13H16N2O4S. The Morgan fingerprint density at radius 1 is 1.40 bits per heavy atom. The molecule has 2 aromatic rings. The molecule has 0 atom stereocenters. The normalized spacial score (nSPS) is 16.1. The van der Waals surface area contributed by atoms with Gasteiger partial charge in [-0.15, -0.1) is 0 Å². The zero-order valence-electron chi connectivity index (χ0n) is 11.4. The summed E-state index contributed by atoms with van der Waals surface area (Å²) in [6, 6.07) is 4.67. The predicted octanol–water partition coefficient (Wildman–Crippen LogP) is 1.30. The summed E-state index contributed by atoms with van der Waals surface area (Å²) < 4.78 is 33.1. The third-order valence-electron chi connectivity index (χ3n) is 3.64. The van der Waals surface area contributed by atoms with E-state index in [1.54, 1.807) is 13.1 Å². The Bertz CT molecular complexity index is 814. The molecule has 0 radical (unpaired) electrons. The molecule has 0 aliphatic heterocycles. The molecule has 1 aliphatic rings. The Balaban J connectivity index is 2.11. The van der Waals surface area contributed by atoms with Gasteiger partial charge < -0.3 is 4.42 Å². The van der Waals surface area contributed by atoms with E-state index >= 15 is 0 Å². The number of hydrogen-bond donors (Lipinski definition) is 0. The summed E-state index contributed by atoms with van der Waals surface area (Å²) in [5.74, 6) is -0.496. The lowest BCUT2D eigenvalue weighted by molar-refractivity contribution is 0.421. The Labute approximate surface area is 116 Å². The molecule has 0 unspecified atom stereocenters. The molecule has 1 heterocycles. The van der Waals surface area contributed by atoms with E-state index in [0.717, 1.165) is 12.8 Å². The highest BCUT2D eigenvalue weighted by Crippen LogP contribution is 2.32. The van der Waals surface area contributed by atoms with Gasteiger partial charge in [0.1, 0.15) is 0 Å². The molecule has 20 heavy (non-hydrogen) atoms. The highest BCUT2D eigenvalue weighted by atomic mass is 32.2. The summed E-state index contributed by atoms with van der Waals surface area (Å²) in [6.45, 7) is 2.28. The van der Waals surface area contributed by atoms with E-state index in [-0.39, 0.29) is 10.9 Å². The molecule has 0 spiro atoms. The van der Waals surface area contributed by atoms with Crippen molar-refractivity contribution in [2.45, 2.75) is 30.7 Å². The van der Waals surface area contributed by atoms with Crippen LogP contribution in [0.15, 0.2) is 32.3 Å². The van der Waals surface area contributed by atoms with Crippen molar-refractivity contribution in [2.24, 2.45) is 7.05 Å². The molecule has 6 nitrogen and oxygen atoms in total. The van der Waals surface area contributed by atoms with Crippen LogP contribution in [0.1, 0.15) is 19.8 Å². The number of aromatic nitrogens is 1. The van der Waals surface area contributed by atoms with Crippen molar-refractivity contribution in [3.05, 3.63) is 28.7 Å². The largest absolute Gasteiger partial charge is 0.419 e. The SMILES string of the molecule is CCN(C1CC1)S(=O)(=O)c1ccc2c(c1)oc(=O)n2C. The van der Waals surface area contributed by atoms with Crippen LogP contribution in [0.3, 0.4) is 0 Å². The van der Waals surface area contributed by atoms with Gasteiger partial charge in [-0.2, -0.15) is 4.31 Å². The molecule has 1 aliphatic carbocycles. The van der Waals surface area contributed by atoms with Gasteiger partial charge in [0.2, 0.25) is 10.0 Å². The Morgan fingerprint density at radius 2 is 2.10 bits per heavy atom. The third-order valence-corrected chi connectivity index (χ3v) is 5.66. The average molecular weight is 296 g/mol. The first-order chi connectivity index (χ1) is 9.45. The van der Waals surface area contributed by atoms with Gasteiger partial charge in [-0.1, -0.05) is 6.92 Å². The topological polar surface area (TPSA) is 72.5 Å². The second-order valence-corrected chi connectivity index (χ2v) is 6.89. The van der Waals surface area contributed by atoms with E-state index in [9.17, 15) is 13.2 Å². The number of rotatable bonds is 4. The Morgan fingerprint density at radius 3 is 2.70 bits per heavy atom. The van der Waals surface area contributed by atoms with Crippen LogP contribution in [0.5, 0.6) is 0 Å². The monoisotopic (exact) mass is 296 g/mol. The predicted molar refractivity (Wildman–Crippen MR) is 74.0 cm³/mol. The first-order valence-corrected chi connectivity index (χ1v) is 8.00. The molecule has 0 amide bonds. The highest BCUT2D eigenvalue weighted by Gasteiger charge is 2.37. The van der Waals surface area contributed by atoms with Crippen LogP contribution in [-0.4, -0.2) is 29.9 Å². The van der Waals surface area contributed by atoms with Crippen molar-refractivity contribution < 1.29 is 12.8 Å². The minimum absolute atomic E-state index is 0.114. The number of hydrogen-bond acceptors (Lipinski definition) is 4. The first kappa shape index (κ1) is 13.4. The van der Waals surface area contributed by atoms with Crippen molar-refractivity contribution in [1.82, 2.24) is 8.87 Å². The zero-order valence-corrected chi connectivity index (χ0v) is 12.2. The Kier molecular flexibility index (Phi) is 2.98. The summed E-state index contributed by atoms with van der Waals surface area (Å²) in [5, 5.41) is 0. The molecule has 108 valence electrons. The van der Waals surface area contributed by atoms with E-state index in [1.807, 2.05) is 6.92 Å². The molecule has 1 aromatic carbocycles. The number of oxazole rings is 1. The highest BCUT2D eigenvalue weighted by molar-refractivity contribution is 7.89. The minimum atomic E-state index is -3.52. The molecular weight excluding hydrogens is 280 g/mol. The van der Waals surface area contributed by atoms with Crippen LogP contribution in [-0.2, 0) is 17.1 Å². The van der Waals surface area contributed by atoms with Crippen molar-refractivity contribution in [3.8, 4) is 0 Å². The van der Waals surface area contributed by atoms with E-state index in [2.05, 4.69) is 0 Å². The standard InChI is InChI=1S/C13H16N2O4S/c1-3-15(9-4-5-9)20(17,18)10-6-7-11-12(8-10)19-13(16)14(11)2/h6-9H,3-5H2,1-2H3. The van der Waals surface area contributed by atoms with E-state index in [0.29, 0.717) is 17.6 Å². The number of fused-ring (bicyclic) bond motifs is 1. The first-order valence-electron chi connectivity index (χ1n) is 6.56. The summed E-state index contributed by atoms with van der Waals surface area (Å²) in [4.78, 5) is 11.6. The van der Waals surface area contributed by atoms with Crippen LogP contribution in [0.2, 0.25) is 0 Å². The van der Waals surface area contributed by atoms with Crippen LogP contribution < -0.4 is 5.76 Å². The maximum atomic E-state index is 12.6. The van der Waals surface area contributed by atoms with E-state index in [4.69, 9.17) is 4.42 Å². The molecule has 1 aromatic heterocycles. The summed E-state index contributed by atoms with van der Waals surface area (Å²) >= 11 is 0. The van der Waals surface area contributed by atoms with Crippen molar-refractivity contribution in [1.29, 1.82) is 0 Å². The molecule has 0 N–H and O–H groups in total. The fraction of sp³-hybridized carbons (Fsp3) is 0.462. The van der Waals surface area contributed by atoms with Crippen molar-refractivity contribution >= 4 is 21.1 Å². The molecule has 0 saturated heterocycles. The lowest BCUT2D eigenvalue weighted by Gasteiger charge is -2.19. The van der Waals surface area contributed by atoms with Gasteiger partial charge in [-0.25, -0.2) is 13.2 Å². The van der Waals surface area contributed by atoms with Gasteiger partial charge in [0.05, 0.1) is 10.4 Å². The summed E-state index contributed by atoms with van der Waals surface area (Å²) in [6.07, 6.45) is 1.82. The fourth-order valence-corrected chi connectivity index (χ4v) is 4.11. The molecule has 7 heteroatoms. The van der Waals surface area contributed by atoms with Crippen molar-refractivity contribution in [2.75, 3.05) is 6.54 Å². The van der Waals surface area contributed by atoms with Crippen LogP contribution >= 0.6 is 0 Å². The smallest absolute Gasteiger partial charge is 0.408 e. The average Bonchev–Trinajstić information content (AvgIpc) is 3.18. The quantitative estimate of drug-likeness (QED) is 0.852. The van der Waals surface area contributed by atoms with Gasteiger partial charge >= 0.3 is 5.76 Å². The number of sulfonamides is 1. The molecule has 1 fully saturated rings. The summed E-state index contributed by atoms with van der Waals surface area (Å²) in [7, 11) is -1.93. The molecule has 1 saturated carbocycles. The van der Waals surface area contributed by atoms with Crippen LogP contribution in [0.25, 0.3) is 11.1 Å². The second-order valence-electron chi connectivity index (χ2n) is 5.00. The van der Waals surface area contributed by atoms with Gasteiger partial charge in [-0.3, -0.25) is 4.57 Å². The van der Waals surface area contributed by atoms with Crippen molar-refractivity contribution in [3.63, 3.8) is 0 Å². The van der Waals surface area contributed by atoms with Gasteiger partial charge in [0, 0.05) is 25.7 Å². The molecule has 0 bridgehead atoms. The Hall–Kier alpha value is -1.60. The van der Waals surface area contributed by atoms with E-state index in [1.165, 1.54) is 21.0 Å².